The van der Waals surface area contributed by atoms with Crippen LogP contribution in [0.15, 0.2) is 0 Å². The maximum atomic E-state index is 12.0. The van der Waals surface area contributed by atoms with E-state index in [1.165, 1.54) is 0 Å². The van der Waals surface area contributed by atoms with E-state index in [1.54, 1.807) is 0 Å². The molecule has 14 heavy (non-hydrogen) atoms. The van der Waals surface area contributed by atoms with E-state index in [-0.39, 0.29) is 17.9 Å². The molecule has 1 amide bonds. The van der Waals surface area contributed by atoms with Gasteiger partial charge in [0.1, 0.15) is 0 Å². The first-order valence-electron chi connectivity index (χ1n) is 5.25. The number of carbonyl (C=O) groups excluding carboxylic acids is 1. The van der Waals surface area contributed by atoms with E-state index in [9.17, 15) is 4.79 Å². The number of rotatable bonds is 4. The third-order valence-corrected chi connectivity index (χ3v) is 2.56. The number of hydrogen-bond donors (Lipinski definition) is 1. The smallest absolute Gasteiger partial charge is 0.228 e. The lowest BCUT2D eigenvalue weighted by atomic mass is 10.1. The zero-order chi connectivity index (χ0) is 10.6. The zero-order valence-electron chi connectivity index (χ0n) is 9.03. The first-order chi connectivity index (χ1) is 6.66. The predicted molar refractivity (Wildman–Crippen MR) is 54.8 cm³/mol. The van der Waals surface area contributed by atoms with Gasteiger partial charge in [-0.25, -0.2) is 0 Å². The van der Waals surface area contributed by atoms with E-state index in [0.717, 1.165) is 6.42 Å². The van der Waals surface area contributed by atoms with Crippen LogP contribution in [0.1, 0.15) is 20.3 Å². The number of carbonyl (C=O) groups is 1. The molecule has 1 unspecified atom stereocenters. The van der Waals surface area contributed by atoms with Gasteiger partial charge in [0.05, 0.1) is 12.5 Å². The molecule has 4 heteroatoms. The molecule has 1 heterocycles. The molecule has 1 fully saturated rings. The van der Waals surface area contributed by atoms with Gasteiger partial charge in [0.2, 0.25) is 5.91 Å². The lowest BCUT2D eigenvalue weighted by Crippen LogP contribution is -2.43. The fourth-order valence-corrected chi connectivity index (χ4v) is 1.73. The summed E-state index contributed by atoms with van der Waals surface area (Å²) in [6, 6.07) is 0.228. The third-order valence-electron chi connectivity index (χ3n) is 2.56. The van der Waals surface area contributed by atoms with E-state index in [4.69, 9.17) is 10.5 Å². The Kier molecular flexibility index (Phi) is 4.35. The lowest BCUT2D eigenvalue weighted by Gasteiger charge is -2.28. The largest absolute Gasteiger partial charge is 0.381 e. The molecule has 0 aliphatic carbocycles. The van der Waals surface area contributed by atoms with Gasteiger partial charge in [-0.05, 0) is 20.3 Å². The molecule has 0 spiro atoms. The minimum absolute atomic E-state index is 0.0592. The van der Waals surface area contributed by atoms with Gasteiger partial charge in [0, 0.05) is 25.7 Å². The molecular formula is C10H20N2O2. The number of hydrogen-bond acceptors (Lipinski definition) is 3. The molecule has 0 radical (unpaired) electrons. The summed E-state index contributed by atoms with van der Waals surface area (Å²) in [5.74, 6) is 0.256. The number of nitrogens with two attached hydrogens (primary N) is 1. The Morgan fingerprint density at radius 1 is 1.64 bits per heavy atom. The van der Waals surface area contributed by atoms with Crippen molar-refractivity contribution in [3.8, 4) is 0 Å². The predicted octanol–water partition coefficient (Wildman–Crippen LogP) is 0.219. The average Bonchev–Trinajstić information content (AvgIpc) is 2.65. The Balaban J connectivity index is 2.53. The first-order valence-corrected chi connectivity index (χ1v) is 5.25. The highest BCUT2D eigenvalue weighted by atomic mass is 16.5. The molecule has 0 aromatic carbocycles. The lowest BCUT2D eigenvalue weighted by molar-refractivity contribution is -0.137. The maximum absolute atomic E-state index is 12.0. The highest BCUT2D eigenvalue weighted by Gasteiger charge is 2.28. The number of ether oxygens (including phenoxy) is 1. The summed E-state index contributed by atoms with van der Waals surface area (Å²) in [5.41, 5.74) is 5.48. The SMILES string of the molecule is CC(C)N(CCN)C(=O)C1CCOC1. The summed E-state index contributed by atoms with van der Waals surface area (Å²) in [6.45, 7) is 6.49. The standard InChI is InChI=1S/C10H20N2O2/c1-8(2)12(5-4-11)10(13)9-3-6-14-7-9/h8-9H,3-7,11H2,1-2H3. The molecule has 1 atom stereocenters. The van der Waals surface area contributed by atoms with Crippen LogP contribution < -0.4 is 5.73 Å². The molecular weight excluding hydrogens is 180 g/mol. The van der Waals surface area contributed by atoms with Crippen LogP contribution >= 0.6 is 0 Å². The van der Waals surface area contributed by atoms with Crippen molar-refractivity contribution in [1.29, 1.82) is 0 Å². The van der Waals surface area contributed by atoms with E-state index < -0.39 is 0 Å². The first kappa shape index (κ1) is 11.5. The van der Waals surface area contributed by atoms with Crippen molar-refractivity contribution in [3.05, 3.63) is 0 Å². The highest BCUT2D eigenvalue weighted by Crippen LogP contribution is 2.16. The van der Waals surface area contributed by atoms with E-state index in [2.05, 4.69) is 0 Å². The molecule has 2 N–H and O–H groups in total. The Hall–Kier alpha value is -0.610. The van der Waals surface area contributed by atoms with Crippen LogP contribution in [-0.4, -0.2) is 43.2 Å². The number of nitrogens with zero attached hydrogens (tertiary/aromatic N) is 1. The Morgan fingerprint density at radius 2 is 2.36 bits per heavy atom. The highest BCUT2D eigenvalue weighted by molar-refractivity contribution is 5.79. The summed E-state index contributed by atoms with van der Waals surface area (Å²) < 4.78 is 5.21. The number of amides is 1. The molecule has 82 valence electrons. The van der Waals surface area contributed by atoms with E-state index in [0.29, 0.717) is 26.3 Å². The van der Waals surface area contributed by atoms with Crippen LogP contribution in [0.4, 0.5) is 0 Å². The van der Waals surface area contributed by atoms with Gasteiger partial charge in [-0.1, -0.05) is 0 Å². The van der Waals surface area contributed by atoms with Crippen LogP contribution in [0, 0.1) is 5.92 Å². The summed E-state index contributed by atoms with van der Waals surface area (Å²) in [6.07, 6.45) is 0.854. The molecule has 1 saturated heterocycles. The van der Waals surface area contributed by atoms with Crippen molar-refractivity contribution in [3.63, 3.8) is 0 Å². The summed E-state index contributed by atoms with van der Waals surface area (Å²) in [5, 5.41) is 0. The Labute approximate surface area is 85.4 Å². The molecule has 1 aliphatic rings. The fraction of sp³-hybridized carbons (Fsp3) is 0.900. The van der Waals surface area contributed by atoms with Gasteiger partial charge in [-0.3, -0.25) is 4.79 Å². The van der Waals surface area contributed by atoms with E-state index in [1.807, 2.05) is 18.7 Å². The van der Waals surface area contributed by atoms with Gasteiger partial charge in [-0.15, -0.1) is 0 Å². The minimum atomic E-state index is 0.0592. The van der Waals surface area contributed by atoms with Crippen molar-refractivity contribution in [2.24, 2.45) is 11.7 Å². The second-order valence-electron chi connectivity index (χ2n) is 3.97. The fourth-order valence-electron chi connectivity index (χ4n) is 1.73. The molecule has 0 saturated carbocycles. The Morgan fingerprint density at radius 3 is 2.79 bits per heavy atom. The van der Waals surface area contributed by atoms with Crippen LogP contribution in [0.5, 0.6) is 0 Å². The quantitative estimate of drug-likeness (QED) is 0.706. The second kappa shape index (κ2) is 5.32. The van der Waals surface area contributed by atoms with Crippen molar-refractivity contribution in [2.45, 2.75) is 26.3 Å². The van der Waals surface area contributed by atoms with Crippen molar-refractivity contribution >= 4 is 5.91 Å². The molecule has 4 nitrogen and oxygen atoms in total. The third kappa shape index (κ3) is 2.69. The normalized spacial score (nSPS) is 21.6. The zero-order valence-corrected chi connectivity index (χ0v) is 9.03. The topological polar surface area (TPSA) is 55.6 Å². The van der Waals surface area contributed by atoms with Gasteiger partial charge >= 0.3 is 0 Å². The van der Waals surface area contributed by atoms with Crippen LogP contribution in [0.2, 0.25) is 0 Å². The van der Waals surface area contributed by atoms with Gasteiger partial charge in [-0.2, -0.15) is 0 Å². The monoisotopic (exact) mass is 200 g/mol. The summed E-state index contributed by atoms with van der Waals surface area (Å²) in [4.78, 5) is 13.8. The second-order valence-corrected chi connectivity index (χ2v) is 3.97. The summed E-state index contributed by atoms with van der Waals surface area (Å²) in [7, 11) is 0. The molecule has 1 rings (SSSR count). The van der Waals surface area contributed by atoms with Crippen LogP contribution in [0.3, 0.4) is 0 Å². The van der Waals surface area contributed by atoms with Gasteiger partial charge < -0.3 is 15.4 Å². The van der Waals surface area contributed by atoms with Crippen LogP contribution in [0.25, 0.3) is 0 Å². The van der Waals surface area contributed by atoms with Crippen molar-refractivity contribution < 1.29 is 9.53 Å². The van der Waals surface area contributed by atoms with Crippen LogP contribution in [-0.2, 0) is 9.53 Å². The minimum Gasteiger partial charge on any atom is -0.381 e. The molecule has 1 aliphatic heterocycles. The maximum Gasteiger partial charge on any atom is 0.228 e. The Bertz CT molecular complexity index is 189. The van der Waals surface area contributed by atoms with E-state index >= 15 is 0 Å². The van der Waals surface area contributed by atoms with Crippen molar-refractivity contribution in [2.75, 3.05) is 26.3 Å². The van der Waals surface area contributed by atoms with Crippen molar-refractivity contribution in [1.82, 2.24) is 4.90 Å². The molecule has 0 aromatic rings. The summed E-state index contributed by atoms with van der Waals surface area (Å²) >= 11 is 0. The van der Waals surface area contributed by atoms with Gasteiger partial charge in [0.15, 0.2) is 0 Å². The molecule has 0 aromatic heterocycles. The van der Waals surface area contributed by atoms with Gasteiger partial charge in [0.25, 0.3) is 0 Å². The molecule has 0 bridgehead atoms. The average molecular weight is 200 g/mol.